The lowest BCUT2D eigenvalue weighted by Crippen LogP contribution is -2.41. The van der Waals surface area contributed by atoms with Crippen LogP contribution in [0.5, 0.6) is 0 Å². The minimum atomic E-state index is -4.47. The van der Waals surface area contributed by atoms with Crippen molar-refractivity contribution in [2.45, 2.75) is 33.7 Å². The number of anilines is 1. The lowest BCUT2D eigenvalue weighted by atomic mass is 9.99. The Hall–Kier alpha value is -1.59. The van der Waals surface area contributed by atoms with Gasteiger partial charge in [0.05, 0.1) is 12.3 Å². The summed E-state index contributed by atoms with van der Waals surface area (Å²) in [5, 5.41) is 3.25. The van der Waals surface area contributed by atoms with E-state index < -0.39 is 19.0 Å². The molecule has 8 heteroatoms. The second-order valence-corrected chi connectivity index (χ2v) is 9.56. The maximum absolute atomic E-state index is 12.3. The van der Waals surface area contributed by atoms with Crippen LogP contribution in [0.2, 0.25) is 0 Å². The predicted molar refractivity (Wildman–Crippen MR) is 103 cm³/mol. The Morgan fingerprint density at radius 1 is 1.23 bits per heavy atom. The number of halogens is 1. The largest absolute Gasteiger partial charge is 0.476 e. The highest BCUT2D eigenvalue weighted by Gasteiger charge is 2.31. The molecule has 6 nitrogen and oxygen atoms in total. The third kappa shape index (κ3) is 5.71. The molecule has 0 aliphatic heterocycles. The molecule has 26 heavy (non-hydrogen) atoms. The van der Waals surface area contributed by atoms with Crippen molar-refractivity contribution in [3.8, 4) is 0 Å². The first kappa shape index (κ1) is 20.7. The minimum Gasteiger partial charge on any atom is -0.379 e. The van der Waals surface area contributed by atoms with Gasteiger partial charge in [-0.3, -0.25) is 4.84 Å². The number of rotatable bonds is 6. The van der Waals surface area contributed by atoms with E-state index in [4.69, 9.17) is 21.0 Å². The van der Waals surface area contributed by atoms with E-state index in [0.29, 0.717) is 12.3 Å². The Morgan fingerprint density at radius 2 is 1.85 bits per heavy atom. The molecule has 142 valence electrons. The zero-order chi connectivity index (χ0) is 19.5. The minimum absolute atomic E-state index is 0.161. The van der Waals surface area contributed by atoms with Gasteiger partial charge in [-0.2, -0.15) is 0 Å². The van der Waals surface area contributed by atoms with E-state index in [1.165, 1.54) is 12.0 Å². The quantitative estimate of drug-likeness (QED) is 0.550. The van der Waals surface area contributed by atoms with Crippen molar-refractivity contribution in [2.75, 3.05) is 11.7 Å². The van der Waals surface area contributed by atoms with E-state index in [2.05, 4.69) is 4.52 Å². The molecule has 2 rings (SSSR count). The molecule has 0 heterocycles. The van der Waals surface area contributed by atoms with E-state index in [0.717, 1.165) is 10.8 Å². The molecule has 0 aliphatic carbocycles. The van der Waals surface area contributed by atoms with Gasteiger partial charge in [0, 0.05) is 16.6 Å². The summed E-state index contributed by atoms with van der Waals surface area (Å²) in [6.45, 7) is 3.38. The number of hydroxylamine groups is 1. The molecule has 0 aliphatic rings. The molecule has 0 amide bonds. The van der Waals surface area contributed by atoms with Crippen molar-refractivity contribution in [3.05, 3.63) is 42.5 Å². The average molecular weight is 400 g/mol. The van der Waals surface area contributed by atoms with Gasteiger partial charge in [0.2, 0.25) is 0 Å². The zero-order valence-corrected chi connectivity index (χ0v) is 16.8. The number of fused-ring (bicyclic) bond motifs is 1. The molecule has 1 N–H and O–H groups in total. The van der Waals surface area contributed by atoms with Crippen molar-refractivity contribution >= 4 is 40.6 Å². The first-order valence-corrected chi connectivity index (χ1v) is 10.6. The molecule has 0 saturated heterocycles. The lowest BCUT2D eigenvalue weighted by Gasteiger charge is -2.32. The van der Waals surface area contributed by atoms with Crippen LogP contribution in [-0.2, 0) is 18.7 Å². The summed E-state index contributed by atoms with van der Waals surface area (Å²) < 4.78 is 15.7. The summed E-state index contributed by atoms with van der Waals surface area (Å²) in [5.41, 5.74) is 0.490. The maximum Gasteiger partial charge on any atom is 0.476 e. The molecule has 2 aromatic rings. The first-order valence-electron chi connectivity index (χ1n) is 8.14. The van der Waals surface area contributed by atoms with Crippen LogP contribution in [0, 0.1) is 5.41 Å². The number of benzene rings is 2. The van der Waals surface area contributed by atoms with Gasteiger partial charge in [0.15, 0.2) is 6.04 Å². The van der Waals surface area contributed by atoms with E-state index in [-0.39, 0.29) is 5.41 Å². The highest BCUT2D eigenvalue weighted by atomic mass is 35.7. The summed E-state index contributed by atoms with van der Waals surface area (Å²) >= 11 is 5.18. The molecule has 0 radical (unpaired) electrons. The van der Waals surface area contributed by atoms with Gasteiger partial charge in [0.25, 0.3) is 0 Å². The van der Waals surface area contributed by atoms with E-state index in [1.807, 2.05) is 63.2 Å². The summed E-state index contributed by atoms with van der Waals surface area (Å²) in [7, 11) is 0. The maximum atomic E-state index is 12.3. The molecule has 0 fully saturated rings. The molecule has 1 unspecified atom stereocenters. The third-order valence-corrected chi connectivity index (χ3v) is 4.15. The van der Waals surface area contributed by atoms with Crippen LogP contribution in [0.4, 0.5) is 5.69 Å². The second kappa shape index (κ2) is 7.97. The third-order valence-electron chi connectivity index (χ3n) is 3.54. The van der Waals surface area contributed by atoms with Crippen LogP contribution >= 0.6 is 18.2 Å². The Morgan fingerprint density at radius 3 is 2.46 bits per heavy atom. The molecule has 2 aromatic carbocycles. The molecule has 0 spiro atoms. The molecule has 0 aromatic heterocycles. The van der Waals surface area contributed by atoms with Gasteiger partial charge in [-0.1, -0.05) is 57.2 Å². The van der Waals surface area contributed by atoms with Gasteiger partial charge in [-0.25, -0.2) is 14.4 Å². The topological polar surface area (TPSA) is 76.1 Å². The predicted octanol–water partition coefficient (Wildman–Crippen LogP) is 4.89. The number of hydrogen-bond donors (Lipinski definition) is 1. The Kier molecular flexibility index (Phi) is 6.35. The van der Waals surface area contributed by atoms with Crippen LogP contribution in [0.3, 0.4) is 0 Å². The zero-order valence-electron chi connectivity index (χ0n) is 15.2. The smallest absolute Gasteiger partial charge is 0.379 e. The Labute approximate surface area is 157 Å². The van der Waals surface area contributed by atoms with Crippen LogP contribution < -0.4 is 5.06 Å². The first-order chi connectivity index (χ1) is 12.0. The van der Waals surface area contributed by atoms with E-state index >= 15 is 0 Å². The van der Waals surface area contributed by atoms with Gasteiger partial charge >= 0.3 is 12.9 Å². The van der Waals surface area contributed by atoms with Gasteiger partial charge in [-0.05, 0) is 23.8 Å². The normalized spacial score (nSPS) is 15.3. The van der Waals surface area contributed by atoms with Gasteiger partial charge < -0.3 is 9.42 Å². The van der Waals surface area contributed by atoms with Gasteiger partial charge in [0.1, 0.15) is 0 Å². The summed E-state index contributed by atoms with van der Waals surface area (Å²) in [6.07, 6.45) is 0. The van der Waals surface area contributed by atoms with Crippen molar-refractivity contribution in [2.24, 2.45) is 5.41 Å². The van der Waals surface area contributed by atoms with Crippen LogP contribution in [0.25, 0.3) is 10.8 Å². The Balaban J connectivity index is 2.43. The Bertz CT molecular complexity index is 824. The molecule has 0 bridgehead atoms. The van der Waals surface area contributed by atoms with E-state index in [1.54, 1.807) is 0 Å². The van der Waals surface area contributed by atoms with Crippen LogP contribution in [0.15, 0.2) is 42.5 Å². The monoisotopic (exact) mass is 399 g/mol. The summed E-state index contributed by atoms with van der Waals surface area (Å²) in [4.78, 5) is 27.3. The number of nitrogens with zero attached hydrogens (tertiary/aromatic N) is 1. The van der Waals surface area contributed by atoms with Crippen molar-refractivity contribution in [3.63, 3.8) is 0 Å². The highest BCUT2D eigenvalue weighted by Crippen LogP contribution is 2.48. The van der Waals surface area contributed by atoms with Crippen LogP contribution in [0.1, 0.15) is 27.7 Å². The standard InChI is InChI=1S/C18H23ClNO5P/c1-13(17(21)25-26(19,22)23)20(24-12-18(2,3)4)16-11-7-9-14-8-5-6-10-15(14)16/h5-11,13H,12H2,1-4H3,(H,22,23)/t13-/m0/s1. The molecular weight excluding hydrogens is 377 g/mol. The summed E-state index contributed by atoms with van der Waals surface area (Å²) in [5.74, 6) is -0.951. The number of hydrogen-bond acceptors (Lipinski definition) is 5. The van der Waals surface area contributed by atoms with Crippen molar-refractivity contribution in [1.29, 1.82) is 0 Å². The van der Waals surface area contributed by atoms with Crippen LogP contribution in [-0.4, -0.2) is 23.5 Å². The SMILES string of the molecule is C[C@@H](C(=O)OP(=O)(O)Cl)N(OCC(C)(C)C)c1cccc2ccccc12. The van der Waals surface area contributed by atoms with E-state index in [9.17, 15) is 9.36 Å². The molecule has 0 saturated carbocycles. The van der Waals surface area contributed by atoms with Gasteiger partial charge in [-0.15, -0.1) is 0 Å². The highest BCUT2D eigenvalue weighted by molar-refractivity contribution is 7.80. The molecule has 2 atom stereocenters. The fourth-order valence-electron chi connectivity index (χ4n) is 2.34. The lowest BCUT2D eigenvalue weighted by molar-refractivity contribution is -0.138. The number of carbonyl (C=O) groups excluding carboxylic acids is 1. The number of carbonyl (C=O) groups is 1. The average Bonchev–Trinajstić information content (AvgIpc) is 2.52. The van der Waals surface area contributed by atoms with Crippen molar-refractivity contribution in [1.82, 2.24) is 0 Å². The fraction of sp³-hybridized carbons (Fsp3) is 0.389. The fourth-order valence-corrected chi connectivity index (χ4v) is 2.92. The second-order valence-electron chi connectivity index (χ2n) is 7.20. The molecular formula is C18H23ClNO5P. The summed E-state index contributed by atoms with van der Waals surface area (Å²) in [6, 6.07) is 12.3. The van der Waals surface area contributed by atoms with Crippen molar-refractivity contribution < 1.29 is 23.6 Å².